The highest BCUT2D eigenvalue weighted by Gasteiger charge is 2.30. The van der Waals surface area contributed by atoms with Crippen molar-refractivity contribution in [2.24, 2.45) is 0 Å². The number of esters is 1. The van der Waals surface area contributed by atoms with Crippen LogP contribution in [0.3, 0.4) is 0 Å². The van der Waals surface area contributed by atoms with E-state index in [1.165, 1.54) is 0 Å². The zero-order valence-corrected chi connectivity index (χ0v) is 9.57. The van der Waals surface area contributed by atoms with Gasteiger partial charge in [-0.3, -0.25) is 0 Å². The molecular weight excluding hydrogens is 182 g/mol. The predicted molar refractivity (Wildman–Crippen MR) is 54.4 cm³/mol. The van der Waals surface area contributed by atoms with Crippen LogP contribution in [0.25, 0.3) is 0 Å². The maximum atomic E-state index is 11.1. The Kier molecular flexibility index (Phi) is 4.29. The summed E-state index contributed by atoms with van der Waals surface area (Å²) >= 11 is 0. The summed E-state index contributed by atoms with van der Waals surface area (Å²) in [7, 11) is 5.49. The first-order valence-corrected chi connectivity index (χ1v) is 4.52. The quantitative estimate of drug-likeness (QED) is 0.313. The van der Waals surface area contributed by atoms with E-state index in [0.29, 0.717) is 10.1 Å². The normalized spacial score (nSPS) is 15.9. The van der Waals surface area contributed by atoms with Gasteiger partial charge in [-0.2, -0.15) is 0 Å². The van der Waals surface area contributed by atoms with E-state index in [1.54, 1.807) is 13.8 Å². The summed E-state index contributed by atoms with van der Waals surface area (Å²) in [6.07, 6.45) is -1.28. The van der Waals surface area contributed by atoms with E-state index >= 15 is 0 Å². The van der Waals surface area contributed by atoms with Gasteiger partial charge in [0.05, 0.1) is 21.1 Å². The lowest BCUT2D eigenvalue weighted by molar-refractivity contribution is -0.922. The molecule has 1 N–H and O–H groups in total. The first kappa shape index (κ1) is 13.1. The Hall–Kier alpha value is -0.870. The molecule has 0 heterocycles. The van der Waals surface area contributed by atoms with Gasteiger partial charge in [0.1, 0.15) is 0 Å². The van der Waals surface area contributed by atoms with E-state index in [4.69, 9.17) is 4.74 Å². The number of aliphatic hydroxyl groups excluding tert-OH is 1. The number of hydrogen-bond acceptors (Lipinski definition) is 3. The first-order chi connectivity index (χ1) is 6.16. The lowest BCUT2D eigenvalue weighted by atomic mass is 10.3. The van der Waals surface area contributed by atoms with Crippen LogP contribution in [0, 0.1) is 0 Å². The predicted octanol–water partition coefficient (Wildman–Crippen LogP) is 0.519. The van der Waals surface area contributed by atoms with E-state index in [0.717, 1.165) is 0 Å². The van der Waals surface area contributed by atoms with Gasteiger partial charge < -0.3 is 14.3 Å². The lowest BCUT2D eigenvalue weighted by Crippen LogP contribution is -2.51. The molecule has 2 unspecified atom stereocenters. The van der Waals surface area contributed by atoms with Crippen molar-refractivity contribution in [3.63, 3.8) is 0 Å². The van der Waals surface area contributed by atoms with Crippen LogP contribution in [0.5, 0.6) is 0 Å². The number of nitrogens with zero attached hydrogens (tertiary/aromatic N) is 1. The fourth-order valence-electron chi connectivity index (χ4n) is 0.960. The van der Waals surface area contributed by atoms with Crippen molar-refractivity contribution in [2.45, 2.75) is 26.2 Å². The van der Waals surface area contributed by atoms with Gasteiger partial charge in [-0.15, -0.1) is 0 Å². The maximum absolute atomic E-state index is 11.1. The van der Waals surface area contributed by atoms with Crippen molar-refractivity contribution < 1.29 is 19.1 Å². The Morgan fingerprint density at radius 2 is 1.86 bits per heavy atom. The maximum Gasteiger partial charge on any atom is 0.333 e. The van der Waals surface area contributed by atoms with Gasteiger partial charge in [-0.1, -0.05) is 6.58 Å². The van der Waals surface area contributed by atoms with Crippen LogP contribution >= 0.6 is 0 Å². The highest BCUT2D eigenvalue weighted by Crippen LogP contribution is 2.09. The van der Waals surface area contributed by atoms with Crippen molar-refractivity contribution in [1.29, 1.82) is 0 Å². The number of aliphatic hydroxyl groups is 1. The second-order valence-corrected chi connectivity index (χ2v) is 4.42. The van der Waals surface area contributed by atoms with E-state index in [-0.39, 0.29) is 0 Å². The van der Waals surface area contributed by atoms with Crippen LogP contribution in [0.4, 0.5) is 0 Å². The standard InChI is InChI=1S/C10H20NO3/c1-7(2)10(13)14-8(3)9(12)11(4,5)6/h8-9,12H,1H2,2-6H3/q+1. The number of hydrogen-bond donors (Lipinski definition) is 1. The minimum atomic E-state index is -0.738. The van der Waals surface area contributed by atoms with Crippen LogP contribution in [-0.4, -0.2) is 49.0 Å². The summed E-state index contributed by atoms with van der Waals surface area (Å²) < 4.78 is 5.32. The number of rotatable bonds is 4. The Morgan fingerprint density at radius 1 is 1.43 bits per heavy atom. The van der Waals surface area contributed by atoms with Gasteiger partial charge in [0.2, 0.25) is 6.23 Å². The SMILES string of the molecule is C=C(C)C(=O)OC(C)C(O)[N+](C)(C)C. The summed E-state index contributed by atoms with van der Waals surface area (Å²) in [4.78, 5) is 11.1. The Balaban J connectivity index is 4.29. The Labute approximate surface area is 85.4 Å². The number of quaternary nitrogens is 1. The minimum absolute atomic E-state index is 0.324. The third-order valence-electron chi connectivity index (χ3n) is 1.85. The van der Waals surface area contributed by atoms with Crippen molar-refractivity contribution >= 4 is 5.97 Å². The van der Waals surface area contributed by atoms with E-state index < -0.39 is 18.3 Å². The van der Waals surface area contributed by atoms with Crippen LogP contribution in [-0.2, 0) is 9.53 Å². The highest BCUT2D eigenvalue weighted by molar-refractivity contribution is 5.87. The van der Waals surface area contributed by atoms with Gasteiger partial charge >= 0.3 is 5.97 Å². The van der Waals surface area contributed by atoms with Crippen LogP contribution in [0.2, 0.25) is 0 Å². The summed E-state index contributed by atoms with van der Waals surface area (Å²) in [5.74, 6) is -0.468. The molecule has 0 saturated heterocycles. The summed E-state index contributed by atoms with van der Waals surface area (Å²) in [6.45, 7) is 6.71. The Bertz CT molecular complexity index is 230. The molecule has 82 valence electrons. The molecule has 0 aliphatic heterocycles. The average molecular weight is 202 g/mol. The highest BCUT2D eigenvalue weighted by atomic mass is 16.6. The fourth-order valence-corrected chi connectivity index (χ4v) is 0.960. The summed E-state index contributed by atoms with van der Waals surface area (Å²) in [5.41, 5.74) is 0.338. The largest absolute Gasteiger partial charge is 0.450 e. The minimum Gasteiger partial charge on any atom is -0.450 e. The molecule has 14 heavy (non-hydrogen) atoms. The summed E-state index contributed by atoms with van der Waals surface area (Å²) in [6, 6.07) is 0. The number of carbonyl (C=O) groups excluding carboxylic acids is 1. The number of carbonyl (C=O) groups is 1. The molecule has 0 fully saturated rings. The molecule has 0 aromatic rings. The molecule has 0 aliphatic rings. The van der Waals surface area contributed by atoms with Crippen LogP contribution in [0.15, 0.2) is 12.2 Å². The number of ether oxygens (including phenoxy) is 1. The third-order valence-corrected chi connectivity index (χ3v) is 1.85. The zero-order valence-electron chi connectivity index (χ0n) is 9.57. The molecule has 0 aromatic carbocycles. The molecule has 0 aromatic heterocycles. The number of likely N-dealkylation sites (N-methyl/N-ethyl adjacent to an activating group) is 1. The van der Waals surface area contributed by atoms with Gasteiger partial charge in [0.15, 0.2) is 6.10 Å². The van der Waals surface area contributed by atoms with Crippen molar-refractivity contribution in [3.05, 3.63) is 12.2 Å². The van der Waals surface area contributed by atoms with Crippen LogP contribution < -0.4 is 0 Å². The van der Waals surface area contributed by atoms with Gasteiger partial charge in [-0.05, 0) is 13.8 Å². The zero-order chi connectivity index (χ0) is 11.5. The molecule has 4 nitrogen and oxygen atoms in total. The monoisotopic (exact) mass is 202 g/mol. The third kappa shape index (κ3) is 3.89. The smallest absolute Gasteiger partial charge is 0.333 e. The fraction of sp³-hybridized carbons (Fsp3) is 0.700. The molecule has 0 saturated carbocycles. The molecule has 0 spiro atoms. The molecular formula is C10H20NO3+. The molecule has 4 heteroatoms. The second-order valence-electron chi connectivity index (χ2n) is 4.42. The average Bonchev–Trinajstić information content (AvgIpc) is 2.00. The molecule has 0 rings (SSSR count). The molecule has 0 amide bonds. The second kappa shape index (κ2) is 4.57. The van der Waals surface area contributed by atoms with Crippen molar-refractivity contribution in [1.82, 2.24) is 0 Å². The van der Waals surface area contributed by atoms with Gasteiger partial charge in [0.25, 0.3) is 0 Å². The van der Waals surface area contributed by atoms with Crippen molar-refractivity contribution in [3.8, 4) is 0 Å². The molecule has 2 atom stereocenters. The molecule has 0 bridgehead atoms. The van der Waals surface area contributed by atoms with Crippen molar-refractivity contribution in [2.75, 3.05) is 21.1 Å². The first-order valence-electron chi connectivity index (χ1n) is 4.52. The Morgan fingerprint density at radius 3 is 2.14 bits per heavy atom. The van der Waals surface area contributed by atoms with E-state index in [2.05, 4.69) is 6.58 Å². The van der Waals surface area contributed by atoms with Gasteiger partial charge in [0, 0.05) is 5.57 Å². The van der Waals surface area contributed by atoms with Crippen LogP contribution in [0.1, 0.15) is 13.8 Å². The van der Waals surface area contributed by atoms with Gasteiger partial charge in [-0.25, -0.2) is 4.79 Å². The molecule has 0 radical (unpaired) electrons. The topological polar surface area (TPSA) is 46.5 Å². The van der Waals surface area contributed by atoms with E-state index in [1.807, 2.05) is 21.1 Å². The summed E-state index contributed by atoms with van der Waals surface area (Å²) in [5, 5.41) is 9.75. The molecule has 0 aliphatic carbocycles. The lowest BCUT2D eigenvalue weighted by Gasteiger charge is -2.33. The van der Waals surface area contributed by atoms with E-state index in [9.17, 15) is 9.90 Å².